The zero-order valence-electron chi connectivity index (χ0n) is 14.9. The minimum Gasteiger partial charge on any atom is -0.370 e. The van der Waals surface area contributed by atoms with Gasteiger partial charge in [-0.05, 0) is 48.9 Å². The van der Waals surface area contributed by atoms with Crippen molar-refractivity contribution in [1.29, 1.82) is 0 Å². The highest BCUT2D eigenvalue weighted by atomic mass is 32.2. The Bertz CT molecular complexity index is 711. The minimum atomic E-state index is -0.0828. The number of benzene rings is 2. The van der Waals surface area contributed by atoms with E-state index in [-0.39, 0.29) is 6.03 Å². The summed E-state index contributed by atoms with van der Waals surface area (Å²) in [6, 6.07) is 16.3. The first-order chi connectivity index (χ1) is 12.2. The van der Waals surface area contributed by atoms with Crippen molar-refractivity contribution in [1.82, 2.24) is 4.90 Å². The molecule has 1 fully saturated rings. The second kappa shape index (κ2) is 8.30. The van der Waals surface area contributed by atoms with Gasteiger partial charge in [-0.3, -0.25) is 0 Å². The minimum absolute atomic E-state index is 0.0828. The first-order valence-corrected chi connectivity index (χ1v) is 9.89. The molecule has 1 heterocycles. The lowest BCUT2D eigenvalue weighted by molar-refractivity contribution is 0.220. The fraction of sp³-hybridized carbons (Fsp3) is 0.350. The van der Waals surface area contributed by atoms with Gasteiger partial charge in [0.25, 0.3) is 0 Å². The number of carbonyl (C=O) groups excluding carboxylic acids is 1. The molecule has 0 atom stereocenters. The van der Waals surface area contributed by atoms with Gasteiger partial charge in [0.2, 0.25) is 0 Å². The zero-order chi connectivity index (χ0) is 17.6. The van der Waals surface area contributed by atoms with E-state index in [1.807, 2.05) is 25.2 Å². The van der Waals surface area contributed by atoms with Crippen molar-refractivity contribution in [3.05, 3.63) is 54.1 Å². The third-order valence-electron chi connectivity index (χ3n) is 4.52. The summed E-state index contributed by atoms with van der Waals surface area (Å²) < 4.78 is 0. The summed E-state index contributed by atoms with van der Waals surface area (Å²) in [5.74, 6) is 0. The number of hydrogen-bond acceptors (Lipinski definition) is 3. The van der Waals surface area contributed by atoms with Crippen LogP contribution < -0.4 is 10.2 Å². The number of urea groups is 1. The third-order valence-corrected chi connectivity index (χ3v) is 5.26. The van der Waals surface area contributed by atoms with Gasteiger partial charge in [0.05, 0.1) is 11.4 Å². The molecular weight excluding hydrogens is 330 g/mol. The summed E-state index contributed by atoms with van der Waals surface area (Å²) in [5.41, 5.74) is 3.13. The molecule has 1 aliphatic rings. The Morgan fingerprint density at radius 2 is 1.80 bits per heavy atom. The van der Waals surface area contributed by atoms with E-state index >= 15 is 0 Å². The molecular formula is C20H25N3OS. The molecule has 3 rings (SSSR count). The van der Waals surface area contributed by atoms with Crippen LogP contribution in [0.2, 0.25) is 0 Å². The number of thioether (sulfide) groups is 1. The van der Waals surface area contributed by atoms with Gasteiger partial charge < -0.3 is 15.1 Å². The molecule has 4 nitrogen and oxygen atoms in total. The third kappa shape index (κ3) is 4.48. The summed E-state index contributed by atoms with van der Waals surface area (Å²) in [6.45, 7) is 2.71. The summed E-state index contributed by atoms with van der Waals surface area (Å²) in [7, 11) is 1.83. The Balaban J connectivity index is 1.65. The summed E-state index contributed by atoms with van der Waals surface area (Å²) >= 11 is 1.72. The molecule has 1 aliphatic heterocycles. The highest BCUT2D eigenvalue weighted by Gasteiger charge is 2.17. The molecule has 0 saturated carbocycles. The van der Waals surface area contributed by atoms with Gasteiger partial charge in [0, 0.05) is 31.6 Å². The van der Waals surface area contributed by atoms with Crippen LogP contribution in [0.4, 0.5) is 16.2 Å². The van der Waals surface area contributed by atoms with Crippen LogP contribution in [-0.4, -0.2) is 37.3 Å². The van der Waals surface area contributed by atoms with Crippen molar-refractivity contribution in [2.45, 2.75) is 24.3 Å². The topological polar surface area (TPSA) is 35.6 Å². The SMILES string of the molecule is CSc1ccc(CN(C)C(=O)Nc2ccccc2N2CCCC2)cc1. The quantitative estimate of drug-likeness (QED) is 0.792. The first kappa shape index (κ1) is 17.7. The number of rotatable bonds is 5. The summed E-state index contributed by atoms with van der Waals surface area (Å²) in [5, 5.41) is 3.07. The summed E-state index contributed by atoms with van der Waals surface area (Å²) in [6.07, 6.45) is 4.49. The normalized spacial score (nSPS) is 13.8. The van der Waals surface area contributed by atoms with Crippen LogP contribution >= 0.6 is 11.8 Å². The van der Waals surface area contributed by atoms with E-state index in [4.69, 9.17) is 0 Å². The Labute approximate surface area is 154 Å². The average Bonchev–Trinajstić information content (AvgIpc) is 3.17. The highest BCUT2D eigenvalue weighted by molar-refractivity contribution is 7.98. The lowest BCUT2D eigenvalue weighted by Gasteiger charge is -2.23. The van der Waals surface area contributed by atoms with Crippen LogP contribution in [0, 0.1) is 0 Å². The number of nitrogens with zero attached hydrogens (tertiary/aromatic N) is 2. The van der Waals surface area contributed by atoms with E-state index in [1.54, 1.807) is 16.7 Å². The maximum Gasteiger partial charge on any atom is 0.321 e. The molecule has 0 unspecified atom stereocenters. The Morgan fingerprint density at radius 1 is 1.12 bits per heavy atom. The maximum atomic E-state index is 12.6. The largest absolute Gasteiger partial charge is 0.370 e. The molecule has 0 aliphatic carbocycles. The van der Waals surface area contributed by atoms with Crippen LogP contribution in [0.1, 0.15) is 18.4 Å². The second-order valence-electron chi connectivity index (χ2n) is 6.35. The molecule has 1 N–H and O–H groups in total. The van der Waals surface area contributed by atoms with E-state index < -0.39 is 0 Å². The van der Waals surface area contributed by atoms with Gasteiger partial charge in [0.15, 0.2) is 0 Å². The van der Waals surface area contributed by atoms with Gasteiger partial charge in [-0.15, -0.1) is 11.8 Å². The number of nitrogens with one attached hydrogen (secondary N) is 1. The predicted octanol–water partition coefficient (Wildman–Crippen LogP) is 4.67. The van der Waals surface area contributed by atoms with Crippen LogP contribution in [0.15, 0.2) is 53.4 Å². The monoisotopic (exact) mass is 355 g/mol. The second-order valence-corrected chi connectivity index (χ2v) is 7.23. The van der Waals surface area contributed by atoms with E-state index in [9.17, 15) is 4.79 Å². The molecule has 25 heavy (non-hydrogen) atoms. The van der Waals surface area contributed by atoms with Crippen molar-refractivity contribution in [3.63, 3.8) is 0 Å². The number of anilines is 2. The first-order valence-electron chi connectivity index (χ1n) is 8.66. The average molecular weight is 356 g/mol. The van der Waals surface area contributed by atoms with Crippen molar-refractivity contribution < 1.29 is 4.79 Å². The van der Waals surface area contributed by atoms with Crippen molar-refractivity contribution >= 4 is 29.2 Å². The molecule has 2 amide bonds. The molecule has 5 heteroatoms. The van der Waals surface area contributed by atoms with Crippen molar-refractivity contribution in [3.8, 4) is 0 Å². The number of hydrogen-bond donors (Lipinski definition) is 1. The van der Waals surface area contributed by atoms with E-state index in [0.717, 1.165) is 30.0 Å². The fourth-order valence-corrected chi connectivity index (χ4v) is 3.51. The number of amides is 2. The van der Waals surface area contributed by atoms with Gasteiger partial charge >= 0.3 is 6.03 Å². The van der Waals surface area contributed by atoms with Crippen molar-refractivity contribution in [2.75, 3.05) is 36.6 Å². The van der Waals surface area contributed by atoms with Gasteiger partial charge in [-0.2, -0.15) is 0 Å². The zero-order valence-corrected chi connectivity index (χ0v) is 15.7. The van der Waals surface area contributed by atoms with Crippen LogP contribution in [0.25, 0.3) is 0 Å². The molecule has 0 spiro atoms. The van der Waals surface area contributed by atoms with E-state index in [0.29, 0.717) is 6.54 Å². The molecule has 2 aromatic rings. The van der Waals surface area contributed by atoms with Crippen molar-refractivity contribution in [2.24, 2.45) is 0 Å². The lowest BCUT2D eigenvalue weighted by Crippen LogP contribution is -2.31. The van der Waals surface area contributed by atoms with Crippen LogP contribution in [0.3, 0.4) is 0 Å². The van der Waals surface area contributed by atoms with Crippen LogP contribution in [0.5, 0.6) is 0 Å². The molecule has 0 radical (unpaired) electrons. The Kier molecular flexibility index (Phi) is 5.87. The van der Waals surface area contributed by atoms with Crippen LogP contribution in [-0.2, 0) is 6.54 Å². The smallest absolute Gasteiger partial charge is 0.321 e. The molecule has 1 saturated heterocycles. The van der Waals surface area contributed by atoms with Gasteiger partial charge in [-0.1, -0.05) is 24.3 Å². The highest BCUT2D eigenvalue weighted by Crippen LogP contribution is 2.28. The number of carbonyl (C=O) groups is 1. The standard InChI is InChI=1S/C20H25N3OS/c1-22(15-16-9-11-17(25-2)12-10-16)20(24)21-18-7-3-4-8-19(18)23-13-5-6-14-23/h3-4,7-12H,5-6,13-15H2,1-2H3,(H,21,24). The number of para-hydroxylation sites is 2. The lowest BCUT2D eigenvalue weighted by atomic mass is 10.2. The Hall–Kier alpha value is -2.14. The van der Waals surface area contributed by atoms with E-state index in [2.05, 4.69) is 46.8 Å². The van der Waals surface area contributed by atoms with Gasteiger partial charge in [0.1, 0.15) is 0 Å². The van der Waals surface area contributed by atoms with E-state index in [1.165, 1.54) is 17.7 Å². The molecule has 2 aromatic carbocycles. The molecule has 0 bridgehead atoms. The predicted molar refractivity (Wildman–Crippen MR) is 107 cm³/mol. The maximum absolute atomic E-state index is 12.6. The summed E-state index contributed by atoms with van der Waals surface area (Å²) in [4.78, 5) is 17.9. The molecule has 132 valence electrons. The van der Waals surface area contributed by atoms with Gasteiger partial charge in [-0.25, -0.2) is 4.79 Å². The fourth-order valence-electron chi connectivity index (χ4n) is 3.10. The molecule has 0 aromatic heterocycles. The Morgan fingerprint density at radius 3 is 2.48 bits per heavy atom.